The van der Waals surface area contributed by atoms with Crippen molar-refractivity contribution in [3.8, 4) is 0 Å². The quantitative estimate of drug-likeness (QED) is 0.474. The number of hydrogen-bond acceptors (Lipinski definition) is 0. The molecule has 1 saturated heterocycles. The molecule has 0 nitrogen and oxygen atoms in total. The fourth-order valence-electron chi connectivity index (χ4n) is 1.56. The summed E-state index contributed by atoms with van der Waals surface area (Å²) in [6.45, 7) is 7.22. The first-order valence-corrected chi connectivity index (χ1v) is 6.07. The lowest BCUT2D eigenvalue weighted by Gasteiger charge is -2.34. The highest BCUT2D eigenvalue weighted by molar-refractivity contribution is 7.59. The summed E-state index contributed by atoms with van der Waals surface area (Å²) in [5.41, 5.74) is 0. The van der Waals surface area contributed by atoms with E-state index in [0.29, 0.717) is 13.1 Å². The second kappa shape index (κ2) is 3.22. The van der Waals surface area contributed by atoms with Gasteiger partial charge in [-0.1, -0.05) is 27.2 Å². The van der Waals surface area contributed by atoms with E-state index in [1.165, 1.54) is 19.3 Å². The van der Waals surface area contributed by atoms with Gasteiger partial charge >= 0.3 is 0 Å². The largest absolute Gasteiger partial charge is 0.101 e. The third-order valence-electron chi connectivity index (χ3n) is 2.30. The Balaban J connectivity index is 2.39. The minimum Gasteiger partial charge on any atom is -0.101 e. The van der Waals surface area contributed by atoms with Crippen molar-refractivity contribution in [2.75, 3.05) is 12.3 Å². The van der Waals surface area contributed by atoms with Gasteiger partial charge in [0.25, 0.3) is 0 Å². The maximum atomic E-state index is 2.41. The van der Waals surface area contributed by atoms with Crippen LogP contribution in [0, 0.1) is 0 Å². The molecule has 0 spiro atoms. The summed E-state index contributed by atoms with van der Waals surface area (Å²) in [7, 11) is 0.387. The van der Waals surface area contributed by atoms with E-state index in [0.717, 1.165) is 0 Å². The van der Waals surface area contributed by atoms with E-state index in [9.17, 15) is 0 Å². The molecule has 1 aliphatic rings. The zero-order valence-corrected chi connectivity index (χ0v) is 8.38. The molecule has 1 rings (SSSR count). The molecule has 1 heteroatoms. The minimum absolute atomic E-state index is 0.387. The van der Waals surface area contributed by atoms with Crippen molar-refractivity contribution in [1.29, 1.82) is 0 Å². The Morgan fingerprint density at radius 3 is 1.70 bits per heavy atom. The highest BCUT2D eigenvalue weighted by Crippen LogP contribution is 2.52. The molecule has 0 aromatic rings. The van der Waals surface area contributed by atoms with Crippen LogP contribution in [0.15, 0.2) is 0 Å². The highest BCUT2D eigenvalue weighted by Gasteiger charge is 2.24. The molecule has 0 radical (unpaired) electrons. The van der Waals surface area contributed by atoms with E-state index >= 15 is 0 Å². The van der Waals surface area contributed by atoms with Gasteiger partial charge in [-0.05, 0) is 30.3 Å². The Morgan fingerprint density at radius 1 is 0.900 bits per heavy atom. The maximum absolute atomic E-state index is 2.41. The lowest BCUT2D eigenvalue weighted by molar-refractivity contribution is 0.707. The van der Waals surface area contributed by atoms with Gasteiger partial charge in [0.2, 0.25) is 0 Å². The Hall–Kier alpha value is 0.430. The monoisotopic (exact) mass is 158 g/mol. The summed E-state index contributed by atoms with van der Waals surface area (Å²) in [6, 6.07) is 0. The molecule has 0 unspecified atom stereocenters. The molecular weight excluding hydrogens is 139 g/mol. The van der Waals surface area contributed by atoms with Crippen LogP contribution in [-0.2, 0) is 0 Å². The first-order chi connectivity index (χ1) is 4.61. The van der Waals surface area contributed by atoms with Crippen molar-refractivity contribution >= 4 is 7.92 Å². The van der Waals surface area contributed by atoms with Crippen molar-refractivity contribution in [1.82, 2.24) is 0 Å². The van der Waals surface area contributed by atoms with Gasteiger partial charge in [-0.3, -0.25) is 0 Å². The summed E-state index contributed by atoms with van der Waals surface area (Å²) in [6.07, 6.45) is 7.58. The highest BCUT2D eigenvalue weighted by atomic mass is 31.1. The summed E-state index contributed by atoms with van der Waals surface area (Å²) >= 11 is 0. The SMILES string of the molecule is CC(C)(C)P1CCCCC1. The van der Waals surface area contributed by atoms with Crippen LogP contribution in [0.25, 0.3) is 0 Å². The minimum atomic E-state index is 0.387. The van der Waals surface area contributed by atoms with Crippen LogP contribution in [0.3, 0.4) is 0 Å². The van der Waals surface area contributed by atoms with E-state index < -0.39 is 0 Å². The molecule has 0 aliphatic carbocycles. The van der Waals surface area contributed by atoms with Crippen LogP contribution < -0.4 is 0 Å². The second-order valence-corrected chi connectivity index (χ2v) is 7.53. The van der Waals surface area contributed by atoms with Crippen molar-refractivity contribution in [2.24, 2.45) is 0 Å². The van der Waals surface area contributed by atoms with Gasteiger partial charge < -0.3 is 0 Å². The average molecular weight is 158 g/mol. The Kier molecular flexibility index (Phi) is 2.74. The van der Waals surface area contributed by atoms with E-state index in [1.807, 2.05) is 0 Å². The molecule has 0 aromatic heterocycles. The van der Waals surface area contributed by atoms with Crippen LogP contribution in [0.4, 0.5) is 0 Å². The first-order valence-electron chi connectivity index (χ1n) is 4.36. The number of rotatable bonds is 0. The zero-order chi connectivity index (χ0) is 7.61. The van der Waals surface area contributed by atoms with E-state index in [1.54, 1.807) is 12.3 Å². The maximum Gasteiger partial charge on any atom is -0.0179 e. The fourth-order valence-corrected chi connectivity index (χ4v) is 4.34. The normalized spacial score (nSPS) is 23.1. The predicted molar refractivity (Wildman–Crippen MR) is 50.3 cm³/mol. The van der Waals surface area contributed by atoms with Crippen molar-refractivity contribution in [3.63, 3.8) is 0 Å². The third-order valence-corrected chi connectivity index (χ3v) is 5.91. The van der Waals surface area contributed by atoms with E-state index in [4.69, 9.17) is 0 Å². The van der Waals surface area contributed by atoms with Gasteiger partial charge in [-0.25, -0.2) is 0 Å². The van der Waals surface area contributed by atoms with Gasteiger partial charge in [0, 0.05) is 0 Å². The molecule has 0 amide bonds. The smallest absolute Gasteiger partial charge is 0.0179 e. The standard InChI is InChI=1S/C9H19P/c1-9(2,3)10-7-5-4-6-8-10/h4-8H2,1-3H3. The summed E-state index contributed by atoms with van der Waals surface area (Å²) in [5, 5.41) is 0.635. The third kappa shape index (κ3) is 2.23. The summed E-state index contributed by atoms with van der Waals surface area (Å²) in [4.78, 5) is 0. The topological polar surface area (TPSA) is 0 Å². The molecule has 0 saturated carbocycles. The Morgan fingerprint density at radius 2 is 1.40 bits per heavy atom. The zero-order valence-electron chi connectivity index (χ0n) is 7.48. The van der Waals surface area contributed by atoms with Crippen LogP contribution in [0.1, 0.15) is 40.0 Å². The van der Waals surface area contributed by atoms with Crippen molar-refractivity contribution in [3.05, 3.63) is 0 Å². The van der Waals surface area contributed by atoms with Crippen LogP contribution in [-0.4, -0.2) is 17.5 Å². The molecule has 0 aromatic carbocycles. The molecule has 1 fully saturated rings. The van der Waals surface area contributed by atoms with E-state index in [-0.39, 0.29) is 0 Å². The van der Waals surface area contributed by atoms with Gasteiger partial charge in [0.1, 0.15) is 0 Å². The summed E-state index contributed by atoms with van der Waals surface area (Å²) < 4.78 is 0. The molecule has 0 bridgehead atoms. The van der Waals surface area contributed by atoms with Gasteiger partial charge in [0.15, 0.2) is 0 Å². The lowest BCUT2D eigenvalue weighted by atomic mass is 10.2. The average Bonchev–Trinajstić information content (AvgIpc) is 1.88. The Bertz CT molecular complexity index is 95.8. The first kappa shape index (κ1) is 8.53. The van der Waals surface area contributed by atoms with Crippen LogP contribution >= 0.6 is 7.92 Å². The van der Waals surface area contributed by atoms with Gasteiger partial charge in [-0.15, -0.1) is 7.92 Å². The molecule has 1 heterocycles. The van der Waals surface area contributed by atoms with Crippen LogP contribution in [0.2, 0.25) is 0 Å². The number of hydrogen-bond donors (Lipinski definition) is 0. The van der Waals surface area contributed by atoms with E-state index in [2.05, 4.69) is 20.8 Å². The molecule has 10 heavy (non-hydrogen) atoms. The molecule has 0 atom stereocenters. The van der Waals surface area contributed by atoms with Crippen molar-refractivity contribution in [2.45, 2.75) is 45.2 Å². The molecule has 1 aliphatic heterocycles. The van der Waals surface area contributed by atoms with Gasteiger partial charge in [0.05, 0.1) is 0 Å². The molecular formula is C9H19P. The fraction of sp³-hybridized carbons (Fsp3) is 1.00. The van der Waals surface area contributed by atoms with Crippen LogP contribution in [0.5, 0.6) is 0 Å². The molecule has 60 valence electrons. The van der Waals surface area contributed by atoms with Gasteiger partial charge in [-0.2, -0.15) is 0 Å². The summed E-state index contributed by atoms with van der Waals surface area (Å²) in [5.74, 6) is 0. The second-order valence-electron chi connectivity index (χ2n) is 4.22. The Labute approximate surface area is 66.2 Å². The van der Waals surface area contributed by atoms with Crippen molar-refractivity contribution < 1.29 is 0 Å². The lowest BCUT2D eigenvalue weighted by Crippen LogP contribution is -2.17. The molecule has 0 N–H and O–H groups in total. The predicted octanol–water partition coefficient (Wildman–Crippen LogP) is 3.45.